The summed E-state index contributed by atoms with van der Waals surface area (Å²) >= 11 is 0. The highest BCUT2D eigenvalue weighted by Crippen LogP contribution is 2.58. The van der Waals surface area contributed by atoms with Crippen LogP contribution < -0.4 is 0 Å². The molecule has 0 aromatic heterocycles. The van der Waals surface area contributed by atoms with Crippen LogP contribution >= 0.6 is 0 Å². The molecule has 130 valence electrons. The van der Waals surface area contributed by atoms with Gasteiger partial charge in [-0.05, 0) is 48.8 Å². The van der Waals surface area contributed by atoms with Crippen molar-refractivity contribution in [1.82, 2.24) is 4.90 Å². The fourth-order valence-electron chi connectivity index (χ4n) is 4.65. The SMILES string of the molecule is O=C(C1[C@H]2CCC[C@@H]12)N1C[C@H](O)C[C@H]1c1ccc(C(F)(F)F)cc1. The van der Waals surface area contributed by atoms with Crippen molar-refractivity contribution in [2.45, 2.75) is 44.0 Å². The first kappa shape index (κ1) is 15.9. The number of rotatable bonds is 2. The second-order valence-corrected chi connectivity index (χ2v) is 7.30. The van der Waals surface area contributed by atoms with Crippen LogP contribution in [0.5, 0.6) is 0 Å². The van der Waals surface area contributed by atoms with Crippen molar-refractivity contribution in [1.29, 1.82) is 0 Å². The number of benzene rings is 1. The molecule has 1 saturated heterocycles. The summed E-state index contributed by atoms with van der Waals surface area (Å²) in [7, 11) is 0. The molecule has 4 rings (SSSR count). The molecule has 3 aliphatic rings. The number of nitrogens with zero attached hydrogens (tertiary/aromatic N) is 1. The number of amides is 1. The molecule has 1 aromatic rings. The number of fused-ring (bicyclic) bond motifs is 1. The van der Waals surface area contributed by atoms with Gasteiger partial charge in [0.15, 0.2) is 0 Å². The van der Waals surface area contributed by atoms with Crippen molar-refractivity contribution in [2.75, 3.05) is 6.54 Å². The van der Waals surface area contributed by atoms with Crippen LogP contribution in [0.1, 0.15) is 42.9 Å². The fraction of sp³-hybridized carbons (Fsp3) is 0.611. The average Bonchev–Trinajstić information content (AvgIpc) is 2.87. The van der Waals surface area contributed by atoms with Crippen LogP contribution in [0.25, 0.3) is 0 Å². The van der Waals surface area contributed by atoms with E-state index in [0.29, 0.717) is 23.8 Å². The summed E-state index contributed by atoms with van der Waals surface area (Å²) in [6, 6.07) is 4.64. The van der Waals surface area contributed by atoms with E-state index in [9.17, 15) is 23.1 Å². The van der Waals surface area contributed by atoms with Crippen LogP contribution in [0.2, 0.25) is 0 Å². The number of carbonyl (C=O) groups excluding carboxylic acids is 1. The molecule has 3 nitrogen and oxygen atoms in total. The first-order valence-electron chi connectivity index (χ1n) is 8.52. The van der Waals surface area contributed by atoms with Crippen LogP contribution in [0.3, 0.4) is 0 Å². The minimum atomic E-state index is -4.37. The maximum absolute atomic E-state index is 12.8. The Morgan fingerprint density at radius 3 is 2.33 bits per heavy atom. The van der Waals surface area contributed by atoms with Gasteiger partial charge in [-0.15, -0.1) is 0 Å². The first-order chi connectivity index (χ1) is 11.4. The van der Waals surface area contributed by atoms with E-state index >= 15 is 0 Å². The second-order valence-electron chi connectivity index (χ2n) is 7.30. The Labute approximate surface area is 138 Å². The molecule has 0 bridgehead atoms. The first-order valence-corrected chi connectivity index (χ1v) is 8.52. The zero-order chi connectivity index (χ0) is 17.1. The molecule has 1 aromatic carbocycles. The van der Waals surface area contributed by atoms with Gasteiger partial charge < -0.3 is 10.0 Å². The van der Waals surface area contributed by atoms with Crippen LogP contribution in [0.15, 0.2) is 24.3 Å². The molecule has 0 spiro atoms. The summed E-state index contributed by atoms with van der Waals surface area (Å²) in [5, 5.41) is 10.00. The minimum absolute atomic E-state index is 0.0704. The second kappa shape index (κ2) is 5.48. The van der Waals surface area contributed by atoms with Gasteiger partial charge in [0.2, 0.25) is 5.91 Å². The molecular weight excluding hydrogens is 319 g/mol. The zero-order valence-corrected chi connectivity index (χ0v) is 13.2. The topological polar surface area (TPSA) is 40.5 Å². The van der Waals surface area contributed by atoms with Gasteiger partial charge in [0.25, 0.3) is 0 Å². The molecular formula is C18H20F3NO2. The number of β-amino-alcohol motifs (C(OH)–C–C–N with tert-alkyl or cyclic N) is 1. The number of alkyl halides is 3. The van der Waals surface area contributed by atoms with Crippen LogP contribution in [-0.2, 0) is 11.0 Å². The predicted molar refractivity (Wildman–Crippen MR) is 80.8 cm³/mol. The van der Waals surface area contributed by atoms with Gasteiger partial charge in [0, 0.05) is 12.5 Å². The number of hydrogen-bond donors (Lipinski definition) is 1. The summed E-state index contributed by atoms with van der Waals surface area (Å²) in [6.45, 7) is 0.278. The third kappa shape index (κ3) is 2.61. The molecule has 2 aliphatic carbocycles. The van der Waals surface area contributed by atoms with E-state index in [1.807, 2.05) is 0 Å². The van der Waals surface area contributed by atoms with Gasteiger partial charge in [-0.25, -0.2) is 0 Å². The number of likely N-dealkylation sites (tertiary alicyclic amines) is 1. The van der Waals surface area contributed by atoms with Gasteiger partial charge in [-0.2, -0.15) is 13.2 Å². The molecule has 2 saturated carbocycles. The van der Waals surface area contributed by atoms with E-state index in [1.165, 1.54) is 18.6 Å². The summed E-state index contributed by atoms with van der Waals surface area (Å²) in [5.74, 6) is 1.12. The molecule has 0 radical (unpaired) electrons. The molecule has 6 heteroatoms. The standard InChI is InChI=1S/C18H20F3NO2/c19-18(20,21)11-6-4-10(5-7-11)15-8-12(23)9-22(15)17(24)16-13-2-1-3-14(13)16/h4-7,12-16,23H,1-3,8-9H2/t12-,13-,14+,15+,16?/m1/s1. The smallest absolute Gasteiger partial charge is 0.391 e. The van der Waals surface area contributed by atoms with E-state index in [0.717, 1.165) is 25.0 Å². The van der Waals surface area contributed by atoms with E-state index in [2.05, 4.69) is 0 Å². The van der Waals surface area contributed by atoms with Gasteiger partial charge in [-0.1, -0.05) is 18.6 Å². The third-order valence-corrected chi connectivity index (χ3v) is 5.88. The van der Waals surface area contributed by atoms with Crippen molar-refractivity contribution in [2.24, 2.45) is 17.8 Å². The van der Waals surface area contributed by atoms with Gasteiger partial charge >= 0.3 is 6.18 Å². The Bertz CT molecular complexity index is 633. The number of aliphatic hydroxyl groups is 1. The molecule has 24 heavy (non-hydrogen) atoms. The maximum Gasteiger partial charge on any atom is 0.416 e. The molecule has 5 atom stereocenters. The Morgan fingerprint density at radius 1 is 1.12 bits per heavy atom. The highest BCUT2D eigenvalue weighted by atomic mass is 19.4. The Hall–Kier alpha value is -1.56. The van der Waals surface area contributed by atoms with E-state index < -0.39 is 17.8 Å². The summed E-state index contributed by atoms with van der Waals surface area (Å²) in [6.07, 6.45) is -1.21. The van der Waals surface area contributed by atoms with E-state index in [4.69, 9.17) is 0 Å². The van der Waals surface area contributed by atoms with Crippen molar-refractivity contribution >= 4 is 5.91 Å². The van der Waals surface area contributed by atoms with Crippen LogP contribution in [-0.4, -0.2) is 28.6 Å². The number of hydrogen-bond acceptors (Lipinski definition) is 2. The van der Waals surface area contributed by atoms with E-state index in [1.54, 1.807) is 4.90 Å². The van der Waals surface area contributed by atoms with Crippen molar-refractivity contribution in [3.8, 4) is 0 Å². The van der Waals surface area contributed by atoms with Crippen molar-refractivity contribution in [3.63, 3.8) is 0 Å². The predicted octanol–water partition coefficient (Wildman–Crippen LogP) is 3.39. The lowest BCUT2D eigenvalue weighted by atomic mass is 10.0. The maximum atomic E-state index is 12.8. The Balaban J connectivity index is 1.53. The summed E-state index contributed by atoms with van der Waals surface area (Å²) in [4.78, 5) is 14.5. The minimum Gasteiger partial charge on any atom is -0.391 e. The molecule has 3 fully saturated rings. The number of carbonyl (C=O) groups is 1. The normalized spacial score (nSPS) is 35.2. The molecule has 1 heterocycles. The lowest BCUT2D eigenvalue weighted by molar-refractivity contribution is -0.138. The molecule has 1 aliphatic heterocycles. The van der Waals surface area contributed by atoms with Crippen LogP contribution in [0.4, 0.5) is 13.2 Å². The number of halogens is 3. The monoisotopic (exact) mass is 339 g/mol. The zero-order valence-electron chi connectivity index (χ0n) is 13.2. The summed E-state index contributed by atoms with van der Waals surface area (Å²) in [5.41, 5.74) is -0.0295. The molecule has 1 N–H and O–H groups in total. The van der Waals surface area contributed by atoms with Crippen molar-refractivity contribution < 1.29 is 23.1 Å². The highest BCUT2D eigenvalue weighted by molar-refractivity contribution is 5.83. The molecule has 1 amide bonds. The molecule has 1 unspecified atom stereocenters. The fourth-order valence-corrected chi connectivity index (χ4v) is 4.65. The lowest BCUT2D eigenvalue weighted by Gasteiger charge is -2.26. The van der Waals surface area contributed by atoms with Gasteiger partial charge in [-0.3, -0.25) is 4.79 Å². The van der Waals surface area contributed by atoms with E-state index in [-0.39, 0.29) is 24.4 Å². The van der Waals surface area contributed by atoms with Gasteiger partial charge in [0.05, 0.1) is 17.7 Å². The van der Waals surface area contributed by atoms with Crippen molar-refractivity contribution in [3.05, 3.63) is 35.4 Å². The Kier molecular flexibility index (Phi) is 3.64. The highest BCUT2D eigenvalue weighted by Gasteiger charge is 2.58. The number of aliphatic hydroxyl groups excluding tert-OH is 1. The van der Waals surface area contributed by atoms with Crippen LogP contribution in [0, 0.1) is 17.8 Å². The summed E-state index contributed by atoms with van der Waals surface area (Å²) < 4.78 is 38.1. The third-order valence-electron chi connectivity index (χ3n) is 5.88. The van der Waals surface area contributed by atoms with Gasteiger partial charge in [0.1, 0.15) is 0 Å². The largest absolute Gasteiger partial charge is 0.416 e. The quantitative estimate of drug-likeness (QED) is 0.897. The lowest BCUT2D eigenvalue weighted by Crippen LogP contribution is -2.34. The average molecular weight is 339 g/mol. The Morgan fingerprint density at radius 2 is 1.75 bits per heavy atom.